The molecule has 0 radical (unpaired) electrons. The summed E-state index contributed by atoms with van der Waals surface area (Å²) < 4.78 is 0. The van der Waals surface area contributed by atoms with Crippen molar-refractivity contribution in [1.29, 1.82) is 0 Å². The Bertz CT molecular complexity index is 328. The third kappa shape index (κ3) is 2.07. The predicted molar refractivity (Wildman–Crippen MR) is 64.7 cm³/mol. The van der Waals surface area contributed by atoms with Crippen LogP contribution in [0.2, 0.25) is 0 Å². The van der Waals surface area contributed by atoms with Crippen molar-refractivity contribution < 1.29 is 0 Å². The highest BCUT2D eigenvalue weighted by atomic mass is 14.8. The number of nitrogens with two attached hydrogens (primary N) is 1. The zero-order chi connectivity index (χ0) is 10.9. The van der Waals surface area contributed by atoms with Gasteiger partial charge in [-0.3, -0.25) is 0 Å². The minimum absolute atomic E-state index is 0.0499. The van der Waals surface area contributed by atoms with Gasteiger partial charge in [0.05, 0.1) is 0 Å². The lowest BCUT2D eigenvalue weighted by molar-refractivity contribution is 0.440. The summed E-state index contributed by atoms with van der Waals surface area (Å²) in [6.07, 6.45) is 4.65. The fourth-order valence-electron chi connectivity index (χ4n) is 2.66. The van der Waals surface area contributed by atoms with Crippen LogP contribution in [-0.2, 0) is 12.0 Å². The van der Waals surface area contributed by atoms with E-state index in [0.717, 1.165) is 25.2 Å². The fourth-order valence-corrected chi connectivity index (χ4v) is 2.66. The summed E-state index contributed by atoms with van der Waals surface area (Å²) in [7, 11) is 0. The molecule has 0 bridgehead atoms. The molecular formula is C14H21N. The minimum Gasteiger partial charge on any atom is -0.321 e. The molecule has 2 rings (SSSR count). The van der Waals surface area contributed by atoms with E-state index in [1.165, 1.54) is 17.5 Å². The largest absolute Gasteiger partial charge is 0.321 e. The first kappa shape index (κ1) is 10.7. The van der Waals surface area contributed by atoms with Crippen molar-refractivity contribution in [2.45, 2.75) is 45.1 Å². The van der Waals surface area contributed by atoms with Crippen LogP contribution in [0.1, 0.15) is 44.2 Å². The quantitative estimate of drug-likeness (QED) is 0.784. The van der Waals surface area contributed by atoms with E-state index in [1.807, 2.05) is 0 Å². The van der Waals surface area contributed by atoms with E-state index in [0.29, 0.717) is 0 Å². The molecule has 1 aromatic carbocycles. The predicted octanol–water partition coefficient (Wildman–Crippen LogP) is 3.22. The third-order valence-electron chi connectivity index (χ3n) is 3.73. The number of aryl methyl sites for hydroxylation is 1. The molecular weight excluding hydrogens is 182 g/mol. The number of benzene rings is 1. The summed E-state index contributed by atoms with van der Waals surface area (Å²) in [5, 5.41) is 0. The summed E-state index contributed by atoms with van der Waals surface area (Å²) in [6, 6.07) is 8.87. The Balaban J connectivity index is 2.22. The molecule has 0 aliphatic heterocycles. The van der Waals surface area contributed by atoms with Gasteiger partial charge in [-0.25, -0.2) is 0 Å². The standard InChI is InChI=1S/C14H21N/c1-3-12-4-6-13(7-5-12)14(15)9-8-11(2)10-14/h4-7,11H,3,8-10,15H2,1-2H3. The van der Waals surface area contributed by atoms with Gasteiger partial charge in [-0.05, 0) is 42.7 Å². The van der Waals surface area contributed by atoms with Crippen LogP contribution >= 0.6 is 0 Å². The number of rotatable bonds is 2. The minimum atomic E-state index is -0.0499. The van der Waals surface area contributed by atoms with Gasteiger partial charge in [-0.2, -0.15) is 0 Å². The van der Waals surface area contributed by atoms with Gasteiger partial charge in [0.1, 0.15) is 0 Å². The second-order valence-electron chi connectivity index (χ2n) is 5.05. The Hall–Kier alpha value is -0.820. The number of hydrogen-bond acceptors (Lipinski definition) is 1. The van der Waals surface area contributed by atoms with Crippen LogP contribution in [0.4, 0.5) is 0 Å². The van der Waals surface area contributed by atoms with Gasteiger partial charge < -0.3 is 5.73 Å². The summed E-state index contributed by atoms with van der Waals surface area (Å²) in [5.74, 6) is 0.779. The van der Waals surface area contributed by atoms with E-state index in [-0.39, 0.29) is 5.54 Å². The van der Waals surface area contributed by atoms with Crippen LogP contribution in [0, 0.1) is 5.92 Å². The van der Waals surface area contributed by atoms with Gasteiger partial charge in [-0.1, -0.05) is 38.1 Å². The summed E-state index contributed by atoms with van der Waals surface area (Å²) >= 11 is 0. The highest BCUT2D eigenvalue weighted by Gasteiger charge is 2.34. The van der Waals surface area contributed by atoms with Crippen LogP contribution in [0.25, 0.3) is 0 Å². The Kier molecular flexibility index (Phi) is 2.83. The summed E-state index contributed by atoms with van der Waals surface area (Å²) in [4.78, 5) is 0. The molecule has 2 N–H and O–H groups in total. The highest BCUT2D eigenvalue weighted by molar-refractivity contribution is 5.29. The van der Waals surface area contributed by atoms with E-state index in [1.54, 1.807) is 0 Å². The highest BCUT2D eigenvalue weighted by Crippen LogP contribution is 2.39. The third-order valence-corrected chi connectivity index (χ3v) is 3.73. The van der Waals surface area contributed by atoms with Gasteiger partial charge in [0.2, 0.25) is 0 Å². The van der Waals surface area contributed by atoms with Crippen LogP contribution < -0.4 is 5.73 Å². The topological polar surface area (TPSA) is 26.0 Å². The molecule has 1 nitrogen and oxygen atoms in total. The molecule has 15 heavy (non-hydrogen) atoms. The van der Waals surface area contributed by atoms with E-state index in [2.05, 4.69) is 38.1 Å². The molecule has 1 saturated carbocycles. The van der Waals surface area contributed by atoms with Crippen LogP contribution in [0.3, 0.4) is 0 Å². The van der Waals surface area contributed by atoms with Gasteiger partial charge >= 0.3 is 0 Å². The Labute approximate surface area is 92.7 Å². The molecule has 1 fully saturated rings. The lowest BCUT2D eigenvalue weighted by atomic mass is 9.88. The molecule has 1 aromatic rings. The van der Waals surface area contributed by atoms with Crippen LogP contribution in [0.5, 0.6) is 0 Å². The molecule has 0 amide bonds. The Morgan fingerprint density at radius 3 is 2.47 bits per heavy atom. The second-order valence-corrected chi connectivity index (χ2v) is 5.05. The van der Waals surface area contributed by atoms with Gasteiger partial charge in [0.25, 0.3) is 0 Å². The molecule has 0 saturated heterocycles. The SMILES string of the molecule is CCc1ccc(C2(N)CCC(C)C2)cc1. The zero-order valence-electron chi connectivity index (χ0n) is 9.79. The molecule has 0 aromatic heterocycles. The maximum atomic E-state index is 6.46. The smallest absolute Gasteiger partial charge is 0.0412 e. The first-order chi connectivity index (χ1) is 7.14. The second kappa shape index (κ2) is 3.97. The average Bonchev–Trinajstić information content (AvgIpc) is 2.60. The molecule has 0 spiro atoms. The molecule has 2 unspecified atom stereocenters. The van der Waals surface area contributed by atoms with E-state index < -0.39 is 0 Å². The van der Waals surface area contributed by atoms with Crippen molar-refractivity contribution in [3.63, 3.8) is 0 Å². The molecule has 1 heteroatoms. The Morgan fingerprint density at radius 2 is 2.00 bits per heavy atom. The maximum Gasteiger partial charge on any atom is 0.0412 e. The molecule has 2 atom stereocenters. The molecule has 82 valence electrons. The fraction of sp³-hybridized carbons (Fsp3) is 0.571. The molecule has 1 aliphatic carbocycles. The van der Waals surface area contributed by atoms with Crippen molar-refractivity contribution in [1.82, 2.24) is 0 Å². The van der Waals surface area contributed by atoms with Gasteiger partial charge in [0.15, 0.2) is 0 Å². The lowest BCUT2D eigenvalue weighted by Gasteiger charge is -2.24. The average molecular weight is 203 g/mol. The Morgan fingerprint density at radius 1 is 1.33 bits per heavy atom. The van der Waals surface area contributed by atoms with Crippen LogP contribution in [-0.4, -0.2) is 0 Å². The van der Waals surface area contributed by atoms with Gasteiger partial charge in [0, 0.05) is 5.54 Å². The normalized spacial score (nSPS) is 30.7. The zero-order valence-corrected chi connectivity index (χ0v) is 9.79. The lowest BCUT2D eigenvalue weighted by Crippen LogP contribution is -2.33. The van der Waals surface area contributed by atoms with Crippen molar-refractivity contribution in [3.8, 4) is 0 Å². The van der Waals surface area contributed by atoms with E-state index in [9.17, 15) is 0 Å². The van der Waals surface area contributed by atoms with Crippen molar-refractivity contribution in [2.75, 3.05) is 0 Å². The maximum absolute atomic E-state index is 6.46. The first-order valence-corrected chi connectivity index (χ1v) is 6.02. The number of hydrogen-bond donors (Lipinski definition) is 1. The molecule has 0 heterocycles. The first-order valence-electron chi connectivity index (χ1n) is 6.02. The monoisotopic (exact) mass is 203 g/mol. The summed E-state index contributed by atoms with van der Waals surface area (Å²) in [5.41, 5.74) is 9.13. The van der Waals surface area contributed by atoms with Crippen LogP contribution in [0.15, 0.2) is 24.3 Å². The summed E-state index contributed by atoms with van der Waals surface area (Å²) in [6.45, 7) is 4.49. The van der Waals surface area contributed by atoms with E-state index >= 15 is 0 Å². The van der Waals surface area contributed by atoms with Gasteiger partial charge in [-0.15, -0.1) is 0 Å². The van der Waals surface area contributed by atoms with E-state index in [4.69, 9.17) is 5.73 Å². The van der Waals surface area contributed by atoms with Crippen molar-refractivity contribution in [3.05, 3.63) is 35.4 Å². The van der Waals surface area contributed by atoms with Crippen molar-refractivity contribution in [2.24, 2.45) is 11.7 Å². The van der Waals surface area contributed by atoms with Crippen molar-refractivity contribution >= 4 is 0 Å². The molecule has 1 aliphatic rings.